The van der Waals surface area contributed by atoms with E-state index in [1.54, 1.807) is 11.1 Å². The second kappa shape index (κ2) is 13.7. The highest BCUT2D eigenvalue weighted by atomic mass is 28.3. The van der Waals surface area contributed by atoms with Crippen molar-refractivity contribution >= 4 is 8.07 Å². The van der Waals surface area contributed by atoms with E-state index < -0.39 is 8.07 Å². The topological polar surface area (TPSA) is 9.23 Å². The SMILES string of the molecule is COC1C(c2ccc(C(C)(C)C)cc2)C2CC(C)C([Si](C)(C)C3C(C)CC4C3CC3CCCC3C4c3ccc(C(C)(C)C)cc3)C2CC1C(C)(C)C. The minimum absolute atomic E-state index is 0.174. The van der Waals surface area contributed by atoms with Gasteiger partial charge < -0.3 is 4.74 Å². The average Bonchev–Trinajstić information content (AvgIpc) is 3.75. The van der Waals surface area contributed by atoms with Crippen LogP contribution in [0.5, 0.6) is 0 Å². The summed E-state index contributed by atoms with van der Waals surface area (Å²) in [7, 11) is 0.315. The molecule has 2 aromatic rings. The van der Waals surface area contributed by atoms with Crippen molar-refractivity contribution in [2.75, 3.05) is 7.11 Å². The molecule has 14 atom stereocenters. The van der Waals surface area contributed by atoms with Crippen LogP contribution in [0.4, 0.5) is 0 Å². The van der Waals surface area contributed by atoms with Gasteiger partial charge in [0.1, 0.15) is 0 Å². The molecule has 0 spiro atoms. The van der Waals surface area contributed by atoms with Gasteiger partial charge in [0.15, 0.2) is 0 Å². The normalized spacial score (nSPS) is 39.7. The highest BCUT2D eigenvalue weighted by molar-refractivity contribution is 6.80. The molecular formula is C50H78OSi. The van der Waals surface area contributed by atoms with Crippen LogP contribution in [0.2, 0.25) is 24.2 Å². The molecule has 0 N–H and O–H groups in total. The van der Waals surface area contributed by atoms with Gasteiger partial charge in [0.05, 0.1) is 14.2 Å². The monoisotopic (exact) mass is 723 g/mol. The Hall–Kier alpha value is -1.38. The third-order valence-electron chi connectivity index (χ3n) is 16.9. The maximum absolute atomic E-state index is 6.68. The van der Waals surface area contributed by atoms with Crippen molar-refractivity contribution in [3.63, 3.8) is 0 Å². The predicted molar refractivity (Wildman–Crippen MR) is 226 cm³/mol. The van der Waals surface area contributed by atoms with E-state index in [-0.39, 0.29) is 22.3 Å². The van der Waals surface area contributed by atoms with Crippen LogP contribution >= 0.6 is 0 Å². The summed E-state index contributed by atoms with van der Waals surface area (Å²) >= 11 is 0. The molecule has 0 radical (unpaired) electrons. The van der Waals surface area contributed by atoms with Gasteiger partial charge in [-0.1, -0.05) is 151 Å². The van der Waals surface area contributed by atoms with Crippen molar-refractivity contribution in [1.29, 1.82) is 0 Å². The van der Waals surface area contributed by atoms with Crippen molar-refractivity contribution in [2.45, 2.75) is 174 Å². The first-order valence-corrected chi connectivity index (χ1v) is 25.1. The highest BCUT2D eigenvalue weighted by Crippen LogP contribution is 2.70. The van der Waals surface area contributed by atoms with E-state index in [1.807, 2.05) is 7.11 Å². The van der Waals surface area contributed by atoms with Gasteiger partial charge in [-0.25, -0.2) is 0 Å². The fraction of sp³-hybridized carbons (Fsp3) is 0.760. The smallest absolute Gasteiger partial charge is 0.0675 e. The molecule has 0 bridgehead atoms. The summed E-state index contributed by atoms with van der Waals surface area (Å²) in [4.78, 5) is 0. The van der Waals surface area contributed by atoms with Gasteiger partial charge in [-0.15, -0.1) is 0 Å². The second-order valence-corrected chi connectivity index (χ2v) is 28.2. The Balaban J connectivity index is 1.24. The molecule has 1 nitrogen and oxygen atoms in total. The van der Waals surface area contributed by atoms with E-state index in [0.29, 0.717) is 11.8 Å². The molecule has 0 aliphatic heterocycles. The van der Waals surface area contributed by atoms with Gasteiger partial charge in [0.25, 0.3) is 0 Å². The Kier molecular flexibility index (Phi) is 10.2. The summed E-state index contributed by atoms with van der Waals surface area (Å²) in [6.07, 6.45) is 10.4. The van der Waals surface area contributed by atoms with Crippen molar-refractivity contribution in [3.8, 4) is 0 Å². The fourth-order valence-electron chi connectivity index (χ4n) is 15.1. The van der Waals surface area contributed by atoms with E-state index in [1.165, 1.54) is 56.1 Å². The summed E-state index contributed by atoms with van der Waals surface area (Å²) in [6.45, 7) is 33.0. The number of hydrogen-bond donors (Lipinski definition) is 0. The molecule has 0 aromatic heterocycles. The van der Waals surface area contributed by atoms with Gasteiger partial charge in [0, 0.05) is 13.0 Å². The maximum Gasteiger partial charge on any atom is 0.0675 e. The summed E-state index contributed by atoms with van der Waals surface area (Å²) in [5, 5.41) is 0. The number of ether oxygens (including phenoxy) is 1. The molecule has 5 saturated carbocycles. The maximum atomic E-state index is 6.68. The van der Waals surface area contributed by atoms with Gasteiger partial charge in [0.2, 0.25) is 0 Å². The molecule has 5 aliphatic rings. The lowest BCUT2D eigenvalue weighted by molar-refractivity contribution is -0.0690. The van der Waals surface area contributed by atoms with Crippen molar-refractivity contribution < 1.29 is 4.74 Å². The zero-order valence-corrected chi connectivity index (χ0v) is 37.1. The Morgan fingerprint density at radius 3 is 1.48 bits per heavy atom. The lowest BCUT2D eigenvalue weighted by atomic mass is 9.59. The summed E-state index contributed by atoms with van der Waals surface area (Å²) in [6, 6.07) is 20.1. The first-order chi connectivity index (χ1) is 24.2. The first kappa shape index (κ1) is 38.9. The summed E-state index contributed by atoms with van der Waals surface area (Å²) < 4.78 is 6.68. The van der Waals surface area contributed by atoms with Crippen molar-refractivity contribution in [2.24, 2.45) is 58.7 Å². The van der Waals surface area contributed by atoms with Crippen LogP contribution in [0.1, 0.15) is 155 Å². The standard InChI is InChI=1S/C50H78OSi/c1-30-26-38-40(28-34-16-15-17-37(34)43(38)32-18-22-35(23-19-32)48(3,4)5)46(30)52(13,14)47-31(2)27-39-41(47)29-42(50(9,10)11)45(51-12)44(39)33-20-24-36(25-21-33)49(6,7)8/h18-25,30-31,34,37-47H,15-17,26-29H2,1-14H3. The number of methoxy groups -OCH3 is 1. The van der Waals surface area contributed by atoms with Gasteiger partial charge in [-0.3, -0.25) is 0 Å². The van der Waals surface area contributed by atoms with Crippen LogP contribution in [0.25, 0.3) is 0 Å². The molecule has 52 heavy (non-hydrogen) atoms. The molecule has 7 rings (SSSR count). The zero-order valence-electron chi connectivity index (χ0n) is 36.1. The van der Waals surface area contributed by atoms with Crippen LogP contribution in [0.15, 0.2) is 48.5 Å². The van der Waals surface area contributed by atoms with Crippen LogP contribution in [-0.4, -0.2) is 21.3 Å². The summed E-state index contributed by atoms with van der Waals surface area (Å²) in [5.74, 6) is 8.69. The molecule has 0 heterocycles. The van der Waals surface area contributed by atoms with Crippen LogP contribution < -0.4 is 0 Å². The van der Waals surface area contributed by atoms with Gasteiger partial charge in [-0.2, -0.15) is 0 Å². The number of rotatable bonds is 5. The Morgan fingerprint density at radius 2 is 1.02 bits per heavy atom. The Bertz CT molecular complexity index is 1530. The third kappa shape index (κ3) is 6.66. The quantitative estimate of drug-likeness (QED) is 0.279. The molecular weight excluding hydrogens is 645 g/mol. The average molecular weight is 723 g/mol. The number of hydrogen-bond acceptors (Lipinski definition) is 1. The van der Waals surface area contributed by atoms with Crippen molar-refractivity contribution in [3.05, 3.63) is 70.8 Å². The zero-order chi connectivity index (χ0) is 37.7. The van der Waals surface area contributed by atoms with Crippen LogP contribution in [-0.2, 0) is 15.6 Å². The second-order valence-electron chi connectivity index (χ2n) is 23.2. The largest absolute Gasteiger partial charge is 0.381 e. The van der Waals surface area contributed by atoms with E-state index in [4.69, 9.17) is 4.74 Å². The molecule has 2 aromatic carbocycles. The molecule has 0 saturated heterocycles. The summed E-state index contributed by atoms with van der Waals surface area (Å²) in [5.41, 5.74) is 8.62. The van der Waals surface area contributed by atoms with E-state index in [0.717, 1.165) is 64.3 Å². The van der Waals surface area contributed by atoms with E-state index >= 15 is 0 Å². The molecule has 2 heteroatoms. The Labute approximate surface area is 322 Å². The predicted octanol–water partition coefficient (Wildman–Crippen LogP) is 14.0. The number of fused-ring (bicyclic) bond motifs is 3. The lowest BCUT2D eigenvalue weighted by Crippen LogP contribution is -2.51. The minimum Gasteiger partial charge on any atom is -0.381 e. The highest BCUT2D eigenvalue weighted by Gasteiger charge is 2.63. The van der Waals surface area contributed by atoms with Crippen molar-refractivity contribution in [1.82, 2.24) is 0 Å². The minimum atomic E-state index is -1.71. The first-order valence-electron chi connectivity index (χ1n) is 22.0. The van der Waals surface area contributed by atoms with E-state index in [9.17, 15) is 0 Å². The molecule has 288 valence electrons. The third-order valence-corrected chi connectivity index (χ3v) is 22.3. The van der Waals surface area contributed by atoms with Crippen LogP contribution in [0.3, 0.4) is 0 Å². The number of benzene rings is 2. The lowest BCUT2D eigenvalue weighted by Gasteiger charge is -2.54. The molecule has 14 unspecified atom stereocenters. The molecule has 5 aliphatic carbocycles. The Morgan fingerprint density at radius 1 is 0.558 bits per heavy atom. The van der Waals surface area contributed by atoms with E-state index in [2.05, 4.69) is 138 Å². The molecule has 5 fully saturated rings. The fourth-order valence-corrected chi connectivity index (χ4v) is 21.7. The molecule has 0 amide bonds. The van der Waals surface area contributed by atoms with Gasteiger partial charge in [-0.05, 0) is 141 Å². The van der Waals surface area contributed by atoms with Crippen LogP contribution in [0, 0.1) is 58.7 Å². The van der Waals surface area contributed by atoms with Gasteiger partial charge >= 0.3 is 0 Å².